The molecule has 2 amide bonds. The molecule has 2 aliphatic heterocycles. The smallest absolute Gasteiger partial charge is 0.244 e. The maximum absolute atomic E-state index is 13.1. The van der Waals surface area contributed by atoms with Crippen LogP contribution in [0.2, 0.25) is 0 Å². The molecule has 2 aromatic carbocycles. The Morgan fingerprint density at radius 2 is 2.00 bits per heavy atom. The molecule has 7 heteroatoms. The van der Waals surface area contributed by atoms with Gasteiger partial charge < -0.3 is 20.5 Å². The van der Waals surface area contributed by atoms with E-state index in [9.17, 15) is 9.59 Å². The number of pyridine rings is 1. The summed E-state index contributed by atoms with van der Waals surface area (Å²) < 4.78 is 2.02. The number of hydrogen-bond donors (Lipinski definition) is 3. The maximum Gasteiger partial charge on any atom is 0.244 e. The van der Waals surface area contributed by atoms with Crippen molar-refractivity contribution in [2.45, 2.75) is 38.1 Å². The van der Waals surface area contributed by atoms with Gasteiger partial charge in [-0.25, -0.2) is 4.98 Å². The lowest BCUT2D eigenvalue weighted by Gasteiger charge is -2.20. The van der Waals surface area contributed by atoms with Crippen molar-refractivity contribution in [3.05, 3.63) is 95.0 Å². The number of aromatic nitrogens is 2. The molecule has 1 spiro atoms. The number of carbonyl (C=O) groups excluding carboxylic acids is 2. The summed E-state index contributed by atoms with van der Waals surface area (Å²) in [6.45, 7) is 6.37. The molecule has 0 fully saturated rings. The summed E-state index contributed by atoms with van der Waals surface area (Å²) in [7, 11) is 0. The summed E-state index contributed by atoms with van der Waals surface area (Å²) in [5.41, 5.74) is 8.68. The average molecular weight is 476 g/mol. The second-order valence-electron chi connectivity index (χ2n) is 10.2. The van der Waals surface area contributed by atoms with Gasteiger partial charge in [0.15, 0.2) is 0 Å². The Morgan fingerprint density at radius 3 is 2.89 bits per heavy atom. The minimum absolute atomic E-state index is 0.00234. The van der Waals surface area contributed by atoms with Crippen LogP contribution in [0.25, 0.3) is 10.9 Å². The van der Waals surface area contributed by atoms with E-state index in [0.29, 0.717) is 18.7 Å². The predicted octanol–water partition coefficient (Wildman–Crippen LogP) is 4.45. The van der Waals surface area contributed by atoms with Crippen LogP contribution in [-0.4, -0.2) is 21.4 Å². The van der Waals surface area contributed by atoms with Crippen molar-refractivity contribution in [3.63, 3.8) is 0 Å². The fourth-order valence-corrected chi connectivity index (χ4v) is 6.18. The molecule has 178 valence electrons. The van der Waals surface area contributed by atoms with Gasteiger partial charge in [-0.15, -0.1) is 0 Å². The van der Waals surface area contributed by atoms with Gasteiger partial charge in [-0.3, -0.25) is 9.59 Å². The Morgan fingerprint density at radius 1 is 1.14 bits per heavy atom. The Balaban J connectivity index is 1.14. The Kier molecular flexibility index (Phi) is 4.25. The summed E-state index contributed by atoms with van der Waals surface area (Å²) in [6.07, 6.45) is 5.75. The number of benzene rings is 2. The largest absolute Gasteiger partial charge is 0.359 e. The fraction of sp³-hybridized carbons (Fsp3) is 0.207. The van der Waals surface area contributed by atoms with Gasteiger partial charge in [-0.1, -0.05) is 18.7 Å². The van der Waals surface area contributed by atoms with Crippen LogP contribution in [-0.2, 0) is 40.8 Å². The van der Waals surface area contributed by atoms with E-state index in [1.54, 1.807) is 6.20 Å². The van der Waals surface area contributed by atoms with Gasteiger partial charge in [0.05, 0.1) is 10.9 Å². The standard InChI is InChI=1S/C29H25N5O2/c1-16-8-23-26-20(10-17(2)31-23)14-34(24(26)9-16)15-25(35)32-21-6-5-18-12-29(13-19(18)11-21)22-4-3-7-30-27(22)33-28(29)36/h3-9,11,14,31H,2,10,12-13,15H2,1H3,(H,32,35)(H,30,33,36). The number of nitrogens with one attached hydrogen (secondary N) is 3. The monoisotopic (exact) mass is 475 g/mol. The first-order valence-electron chi connectivity index (χ1n) is 12.2. The van der Waals surface area contributed by atoms with E-state index in [1.807, 2.05) is 34.9 Å². The summed E-state index contributed by atoms with van der Waals surface area (Å²) >= 11 is 0. The fourth-order valence-electron chi connectivity index (χ4n) is 6.18. The molecule has 3 N–H and O–H groups in total. The number of carbonyl (C=O) groups is 2. The van der Waals surface area contributed by atoms with Crippen molar-refractivity contribution < 1.29 is 9.59 Å². The summed E-state index contributed by atoms with van der Waals surface area (Å²) in [6, 6.07) is 14.1. The molecule has 1 unspecified atom stereocenters. The highest BCUT2D eigenvalue weighted by molar-refractivity contribution is 6.06. The third kappa shape index (κ3) is 3.02. The number of nitrogens with zero attached hydrogens (tertiary/aromatic N) is 2. The van der Waals surface area contributed by atoms with Crippen LogP contribution in [0.15, 0.2) is 67.1 Å². The van der Waals surface area contributed by atoms with E-state index in [-0.39, 0.29) is 18.4 Å². The first-order valence-corrected chi connectivity index (χ1v) is 12.2. The number of allylic oxidation sites excluding steroid dienone is 1. The van der Waals surface area contributed by atoms with Gasteiger partial charge in [0.25, 0.3) is 0 Å². The molecule has 0 bridgehead atoms. The second kappa shape index (κ2) is 7.31. The molecule has 4 heterocycles. The van der Waals surface area contributed by atoms with Gasteiger partial charge in [-0.05, 0) is 72.4 Å². The summed E-state index contributed by atoms with van der Waals surface area (Å²) in [4.78, 5) is 30.4. The quantitative estimate of drug-likeness (QED) is 0.408. The lowest BCUT2D eigenvalue weighted by atomic mass is 9.79. The topological polar surface area (TPSA) is 88.1 Å². The zero-order valence-corrected chi connectivity index (χ0v) is 19.9. The molecule has 3 aliphatic rings. The van der Waals surface area contributed by atoms with Crippen LogP contribution in [0.5, 0.6) is 0 Å². The van der Waals surface area contributed by atoms with Crippen LogP contribution in [0.4, 0.5) is 17.2 Å². The molecular formula is C29H25N5O2. The third-order valence-corrected chi connectivity index (χ3v) is 7.70. The summed E-state index contributed by atoms with van der Waals surface area (Å²) in [5, 5.41) is 10.6. The average Bonchev–Trinajstić information content (AvgIpc) is 3.46. The lowest BCUT2D eigenvalue weighted by Crippen LogP contribution is -2.35. The van der Waals surface area contributed by atoms with Crippen molar-refractivity contribution in [2.75, 3.05) is 16.0 Å². The van der Waals surface area contributed by atoms with Gasteiger partial charge in [0.2, 0.25) is 11.8 Å². The number of anilines is 3. The first-order chi connectivity index (χ1) is 17.4. The number of rotatable bonds is 3. The molecule has 0 saturated heterocycles. The van der Waals surface area contributed by atoms with Gasteiger partial charge in [0, 0.05) is 46.8 Å². The summed E-state index contributed by atoms with van der Waals surface area (Å²) in [5.74, 6) is 0.564. The van der Waals surface area contributed by atoms with E-state index < -0.39 is 5.41 Å². The number of aryl methyl sites for hydroxylation is 1. The molecule has 1 atom stereocenters. The molecule has 1 aliphatic carbocycles. The Bertz CT molecular complexity index is 1650. The minimum atomic E-state index is -0.616. The molecular weight excluding hydrogens is 450 g/mol. The van der Waals surface area contributed by atoms with Crippen molar-refractivity contribution >= 4 is 39.9 Å². The van der Waals surface area contributed by atoms with Crippen molar-refractivity contribution in [1.29, 1.82) is 0 Å². The molecule has 7 rings (SSSR count). The third-order valence-electron chi connectivity index (χ3n) is 7.70. The van der Waals surface area contributed by atoms with E-state index in [4.69, 9.17) is 0 Å². The SMILES string of the molecule is C=C1Cc2cn(CC(=O)Nc3ccc4c(c3)CC3(C4)C(=O)Nc4ncccc43)c3cc(C)cc(c23)N1. The van der Waals surface area contributed by atoms with Crippen LogP contribution >= 0.6 is 0 Å². The molecule has 0 saturated carbocycles. The van der Waals surface area contributed by atoms with Crippen LogP contribution in [0.1, 0.15) is 27.8 Å². The van der Waals surface area contributed by atoms with E-state index >= 15 is 0 Å². The maximum atomic E-state index is 13.1. The van der Waals surface area contributed by atoms with Gasteiger partial charge >= 0.3 is 0 Å². The molecule has 36 heavy (non-hydrogen) atoms. The van der Waals surface area contributed by atoms with Gasteiger partial charge in [-0.2, -0.15) is 0 Å². The first kappa shape index (κ1) is 20.9. The Labute approximate surface area is 208 Å². The number of fused-ring (bicyclic) bond motifs is 3. The predicted molar refractivity (Wildman–Crippen MR) is 140 cm³/mol. The van der Waals surface area contributed by atoms with Gasteiger partial charge in [0.1, 0.15) is 12.4 Å². The van der Waals surface area contributed by atoms with E-state index in [1.165, 1.54) is 5.56 Å². The highest BCUT2D eigenvalue weighted by Crippen LogP contribution is 2.47. The molecule has 7 nitrogen and oxygen atoms in total. The highest BCUT2D eigenvalue weighted by atomic mass is 16.2. The minimum Gasteiger partial charge on any atom is -0.359 e. The molecule has 2 aromatic heterocycles. The van der Waals surface area contributed by atoms with Crippen molar-refractivity contribution in [3.8, 4) is 0 Å². The van der Waals surface area contributed by atoms with Crippen LogP contribution < -0.4 is 16.0 Å². The number of amides is 2. The highest BCUT2D eigenvalue weighted by Gasteiger charge is 2.51. The molecule has 0 radical (unpaired) electrons. The zero-order chi connectivity index (χ0) is 24.6. The van der Waals surface area contributed by atoms with Crippen LogP contribution in [0, 0.1) is 6.92 Å². The zero-order valence-electron chi connectivity index (χ0n) is 19.9. The van der Waals surface area contributed by atoms with Crippen LogP contribution in [0.3, 0.4) is 0 Å². The lowest BCUT2D eigenvalue weighted by molar-refractivity contribution is -0.120. The Hall–Kier alpha value is -4.39. The number of hydrogen-bond acceptors (Lipinski definition) is 4. The normalized spacial score (nSPS) is 19.2. The molecule has 4 aromatic rings. The van der Waals surface area contributed by atoms with Crippen molar-refractivity contribution in [2.24, 2.45) is 0 Å². The second-order valence-corrected chi connectivity index (χ2v) is 10.2. The van der Waals surface area contributed by atoms with E-state index in [2.05, 4.69) is 52.8 Å². The van der Waals surface area contributed by atoms with E-state index in [0.717, 1.165) is 56.6 Å². The van der Waals surface area contributed by atoms with Crippen molar-refractivity contribution in [1.82, 2.24) is 9.55 Å².